The van der Waals surface area contributed by atoms with Crippen LogP contribution in [0.2, 0.25) is 0 Å². The summed E-state index contributed by atoms with van der Waals surface area (Å²) in [4.78, 5) is 5.58. The van der Waals surface area contributed by atoms with Crippen LogP contribution in [0.3, 0.4) is 0 Å². The number of hydrogen-bond donors (Lipinski definition) is 1. The minimum atomic E-state index is -0.818. The Morgan fingerprint density at radius 1 is 1.13 bits per heavy atom. The molecule has 0 fully saturated rings. The number of thiazole rings is 1. The molecule has 1 N–H and O–H groups in total. The average Bonchev–Trinajstić information content (AvgIpc) is 3.02. The summed E-state index contributed by atoms with van der Waals surface area (Å²) >= 11 is 2.68. The van der Waals surface area contributed by atoms with E-state index in [2.05, 4.69) is 4.98 Å². The summed E-state index contributed by atoms with van der Waals surface area (Å²) in [7, 11) is 0. The Hall–Kier alpha value is -1.80. The van der Waals surface area contributed by atoms with Crippen LogP contribution in [0.4, 0.5) is 0 Å². The highest BCUT2D eigenvalue weighted by Crippen LogP contribution is 2.38. The molecule has 0 spiro atoms. The standard InChI is InChI=1S/C23H29NO4S2/c1-14(2)27-22-24-19-12-16(28-23(4,5)6)11-18(21(19)29-22)20(25)13-26-30-17-9-7-15(3)8-10-17/h7-12,14,20,25H,13H2,1-6H3/t20-/m0/s1. The molecule has 3 rings (SSSR count). The van der Waals surface area contributed by atoms with Crippen LogP contribution < -0.4 is 9.47 Å². The first kappa shape index (κ1) is 22.9. The predicted molar refractivity (Wildman–Crippen MR) is 124 cm³/mol. The van der Waals surface area contributed by atoms with Gasteiger partial charge in [-0.2, -0.15) is 0 Å². The van der Waals surface area contributed by atoms with Crippen LogP contribution in [-0.2, 0) is 4.18 Å². The van der Waals surface area contributed by atoms with E-state index in [-0.39, 0.29) is 18.3 Å². The molecule has 162 valence electrons. The molecule has 1 aromatic heterocycles. The second kappa shape index (κ2) is 9.56. The molecular formula is C23H29NO4S2. The Balaban J connectivity index is 1.82. The molecule has 0 bridgehead atoms. The number of aromatic nitrogens is 1. The highest BCUT2D eigenvalue weighted by atomic mass is 32.2. The molecule has 0 saturated heterocycles. The fourth-order valence-corrected chi connectivity index (χ4v) is 4.43. The van der Waals surface area contributed by atoms with E-state index >= 15 is 0 Å². The van der Waals surface area contributed by atoms with E-state index in [0.717, 1.165) is 20.7 Å². The number of benzene rings is 2. The van der Waals surface area contributed by atoms with Crippen LogP contribution in [0.1, 0.15) is 51.8 Å². The van der Waals surface area contributed by atoms with Gasteiger partial charge in [-0.25, -0.2) is 4.98 Å². The van der Waals surface area contributed by atoms with Crippen LogP contribution in [0.25, 0.3) is 10.2 Å². The Kier molecular flexibility index (Phi) is 7.29. The number of nitrogens with zero attached hydrogens (tertiary/aromatic N) is 1. The number of aliphatic hydroxyl groups excluding tert-OH is 1. The quantitative estimate of drug-likeness (QED) is 0.407. The van der Waals surface area contributed by atoms with E-state index in [9.17, 15) is 5.11 Å². The van der Waals surface area contributed by atoms with Crippen molar-refractivity contribution in [2.24, 2.45) is 0 Å². The van der Waals surface area contributed by atoms with E-state index in [1.54, 1.807) is 0 Å². The summed E-state index contributed by atoms with van der Waals surface area (Å²) in [6.45, 7) is 12.1. The summed E-state index contributed by atoms with van der Waals surface area (Å²) in [5, 5.41) is 11.5. The zero-order chi connectivity index (χ0) is 21.9. The van der Waals surface area contributed by atoms with E-state index in [1.807, 2.05) is 77.9 Å². The maximum absolute atomic E-state index is 10.9. The molecule has 7 heteroatoms. The van der Waals surface area contributed by atoms with Gasteiger partial charge in [0.15, 0.2) is 0 Å². The van der Waals surface area contributed by atoms with Crippen LogP contribution >= 0.6 is 23.4 Å². The number of ether oxygens (including phenoxy) is 2. The first-order valence-corrected chi connectivity index (χ1v) is 11.5. The van der Waals surface area contributed by atoms with Gasteiger partial charge in [0.05, 0.1) is 22.9 Å². The Bertz CT molecular complexity index is 977. The Labute approximate surface area is 186 Å². The van der Waals surface area contributed by atoms with Crippen LogP contribution in [-0.4, -0.2) is 28.4 Å². The molecule has 3 aromatic rings. The summed E-state index contributed by atoms with van der Waals surface area (Å²) in [5.41, 5.74) is 2.31. The van der Waals surface area contributed by atoms with Gasteiger partial charge in [-0.15, -0.1) is 0 Å². The molecule has 0 aliphatic carbocycles. The number of aryl methyl sites for hydroxylation is 1. The second-order valence-electron chi connectivity index (χ2n) is 8.42. The van der Waals surface area contributed by atoms with E-state index in [4.69, 9.17) is 13.7 Å². The number of fused-ring (bicyclic) bond motifs is 1. The zero-order valence-corrected chi connectivity index (χ0v) is 19.9. The molecule has 0 unspecified atom stereocenters. The molecule has 1 heterocycles. The number of hydrogen-bond acceptors (Lipinski definition) is 7. The minimum Gasteiger partial charge on any atom is -0.488 e. The second-order valence-corrected chi connectivity index (χ2v) is 10.3. The highest BCUT2D eigenvalue weighted by molar-refractivity contribution is 7.94. The SMILES string of the molecule is Cc1ccc(SOC[C@H](O)c2cc(OC(C)(C)C)cc3nc(OC(C)C)sc23)cc1. The number of rotatable bonds is 8. The Morgan fingerprint density at radius 2 is 1.83 bits per heavy atom. The van der Waals surface area contributed by atoms with Crippen molar-refractivity contribution in [1.82, 2.24) is 4.98 Å². The lowest BCUT2D eigenvalue weighted by molar-refractivity contribution is 0.117. The monoisotopic (exact) mass is 447 g/mol. The maximum Gasteiger partial charge on any atom is 0.274 e. The molecular weight excluding hydrogens is 418 g/mol. The maximum atomic E-state index is 10.9. The third-order valence-corrected chi connectivity index (χ3v) is 5.72. The summed E-state index contributed by atoms with van der Waals surface area (Å²) in [6.07, 6.45) is -0.792. The first-order valence-electron chi connectivity index (χ1n) is 9.95. The third-order valence-electron chi connectivity index (χ3n) is 3.99. The molecule has 0 amide bonds. The Morgan fingerprint density at radius 3 is 2.47 bits per heavy atom. The van der Waals surface area contributed by atoms with Crippen molar-refractivity contribution in [1.29, 1.82) is 0 Å². The molecule has 30 heavy (non-hydrogen) atoms. The molecule has 0 saturated carbocycles. The van der Waals surface area contributed by atoms with Gasteiger partial charge in [0.1, 0.15) is 17.5 Å². The van der Waals surface area contributed by atoms with E-state index < -0.39 is 6.10 Å². The van der Waals surface area contributed by atoms with Crippen molar-refractivity contribution in [2.75, 3.05) is 6.61 Å². The molecule has 1 atom stereocenters. The number of aliphatic hydroxyl groups is 1. The van der Waals surface area contributed by atoms with Crippen molar-refractivity contribution in [3.8, 4) is 10.9 Å². The van der Waals surface area contributed by atoms with Crippen molar-refractivity contribution in [3.63, 3.8) is 0 Å². The fourth-order valence-electron chi connectivity index (χ4n) is 2.77. The largest absolute Gasteiger partial charge is 0.488 e. The van der Waals surface area contributed by atoms with Crippen molar-refractivity contribution in [2.45, 2.75) is 64.2 Å². The van der Waals surface area contributed by atoms with E-state index in [0.29, 0.717) is 10.9 Å². The zero-order valence-electron chi connectivity index (χ0n) is 18.3. The lowest BCUT2D eigenvalue weighted by Gasteiger charge is -2.22. The molecule has 0 aliphatic rings. The molecule has 2 aromatic carbocycles. The van der Waals surface area contributed by atoms with Crippen molar-refractivity contribution < 1.29 is 18.8 Å². The normalized spacial score (nSPS) is 13.1. The third kappa shape index (κ3) is 6.35. The molecule has 5 nitrogen and oxygen atoms in total. The van der Waals surface area contributed by atoms with Crippen LogP contribution in [0.15, 0.2) is 41.3 Å². The van der Waals surface area contributed by atoms with Crippen LogP contribution in [0, 0.1) is 6.92 Å². The lowest BCUT2D eigenvalue weighted by atomic mass is 10.1. The summed E-state index contributed by atoms with van der Waals surface area (Å²) in [5.74, 6) is 0.664. The highest BCUT2D eigenvalue weighted by Gasteiger charge is 2.21. The van der Waals surface area contributed by atoms with Gasteiger partial charge in [-0.05, 0) is 59.7 Å². The predicted octanol–water partition coefficient (Wildman–Crippen LogP) is 6.33. The van der Waals surface area contributed by atoms with Crippen LogP contribution in [0.5, 0.6) is 10.9 Å². The smallest absolute Gasteiger partial charge is 0.274 e. The topological polar surface area (TPSA) is 60.8 Å². The minimum absolute atomic E-state index is 0.0264. The summed E-state index contributed by atoms with van der Waals surface area (Å²) < 4.78 is 18.4. The molecule has 0 radical (unpaired) electrons. The van der Waals surface area contributed by atoms with E-state index in [1.165, 1.54) is 28.9 Å². The van der Waals surface area contributed by atoms with Gasteiger partial charge >= 0.3 is 0 Å². The van der Waals surface area contributed by atoms with Gasteiger partial charge < -0.3 is 18.8 Å². The fraction of sp³-hybridized carbons (Fsp3) is 0.435. The van der Waals surface area contributed by atoms with Gasteiger partial charge in [0, 0.05) is 28.6 Å². The average molecular weight is 448 g/mol. The van der Waals surface area contributed by atoms with Gasteiger partial charge in [0.25, 0.3) is 5.19 Å². The van der Waals surface area contributed by atoms with Crippen molar-refractivity contribution >= 4 is 33.6 Å². The lowest BCUT2D eigenvalue weighted by Crippen LogP contribution is -2.23. The van der Waals surface area contributed by atoms with Gasteiger partial charge in [-0.1, -0.05) is 29.0 Å². The van der Waals surface area contributed by atoms with Gasteiger partial charge in [-0.3, -0.25) is 0 Å². The van der Waals surface area contributed by atoms with Gasteiger partial charge in [0.2, 0.25) is 0 Å². The summed E-state index contributed by atoms with van der Waals surface area (Å²) in [6, 6.07) is 11.8. The van der Waals surface area contributed by atoms with Crippen molar-refractivity contribution in [3.05, 3.63) is 47.5 Å². The molecule has 0 aliphatic heterocycles. The first-order chi connectivity index (χ1) is 14.1.